The van der Waals surface area contributed by atoms with E-state index in [0.29, 0.717) is 29.6 Å². The van der Waals surface area contributed by atoms with Crippen molar-refractivity contribution >= 4 is 28.9 Å². The van der Waals surface area contributed by atoms with E-state index in [-0.39, 0.29) is 54.6 Å². The van der Waals surface area contributed by atoms with E-state index in [1.165, 1.54) is 23.1 Å². The average molecular weight is 653 g/mol. The summed E-state index contributed by atoms with van der Waals surface area (Å²) in [7, 11) is 1.54. The number of nitrogens with one attached hydrogen (secondary N) is 2. The first-order valence-electron chi connectivity index (χ1n) is 15.2. The van der Waals surface area contributed by atoms with Crippen LogP contribution in [-0.2, 0) is 38.7 Å². The lowest BCUT2D eigenvalue weighted by Crippen LogP contribution is -2.52. The van der Waals surface area contributed by atoms with Gasteiger partial charge in [0.05, 0.1) is 48.6 Å². The number of fused-ring (bicyclic) bond motifs is 3. The maximum absolute atomic E-state index is 15.6. The second-order valence-electron chi connectivity index (χ2n) is 12.5. The molecular weight excluding hydrogens is 617 g/mol. The van der Waals surface area contributed by atoms with Crippen LogP contribution in [0.4, 0.5) is 23.8 Å². The Kier molecular flexibility index (Phi) is 8.97. The molecule has 4 aromatic rings. The minimum atomic E-state index is -0.815. The van der Waals surface area contributed by atoms with Gasteiger partial charge in [0.1, 0.15) is 34.6 Å². The Balaban J connectivity index is 1.35. The molecule has 248 valence electrons. The van der Waals surface area contributed by atoms with Gasteiger partial charge in [0.15, 0.2) is 0 Å². The zero-order chi connectivity index (χ0) is 33.5. The molecule has 0 radical (unpaired) electrons. The van der Waals surface area contributed by atoms with Gasteiger partial charge in [-0.2, -0.15) is 0 Å². The van der Waals surface area contributed by atoms with E-state index in [1.807, 2.05) is 0 Å². The van der Waals surface area contributed by atoms with Gasteiger partial charge in [-0.05, 0) is 57.0 Å². The van der Waals surface area contributed by atoms with Crippen molar-refractivity contribution in [2.45, 2.75) is 64.7 Å². The number of hydrogen-bond donors (Lipinski definition) is 2. The van der Waals surface area contributed by atoms with E-state index >= 15 is 4.39 Å². The highest BCUT2D eigenvalue weighted by Gasteiger charge is 2.36. The number of hydrogen-bond acceptors (Lipinski definition) is 7. The molecule has 2 atom stereocenters. The van der Waals surface area contributed by atoms with Crippen LogP contribution >= 0.6 is 0 Å². The van der Waals surface area contributed by atoms with Gasteiger partial charge in [-0.25, -0.2) is 22.9 Å². The van der Waals surface area contributed by atoms with Crippen LogP contribution < -0.4 is 5.32 Å². The fourth-order valence-corrected chi connectivity index (χ4v) is 5.98. The topological polar surface area (TPSA) is 115 Å². The quantitative estimate of drug-likeness (QED) is 0.235. The minimum Gasteiger partial charge on any atom is -0.444 e. The van der Waals surface area contributed by atoms with Crippen molar-refractivity contribution in [3.8, 4) is 11.1 Å². The first kappa shape index (κ1) is 32.5. The molecule has 2 aliphatic rings. The molecule has 4 heterocycles. The van der Waals surface area contributed by atoms with Gasteiger partial charge < -0.3 is 28.8 Å². The SMILES string of the molecule is CO[C@@H]1CCOC[C@H]1N(Cc1ccc(-c2c(F)cccc2F)cc1F)C(=O)c1cc2nc(NC(=O)OC(C)(C)C)c3c(c2[nH]1)COC3. The number of carbonyl (C=O) groups is 2. The molecule has 2 N–H and O–H groups in total. The van der Waals surface area contributed by atoms with E-state index in [9.17, 15) is 18.4 Å². The molecule has 2 amide bonds. The van der Waals surface area contributed by atoms with E-state index < -0.39 is 47.2 Å². The second-order valence-corrected chi connectivity index (χ2v) is 12.5. The number of anilines is 1. The Labute approximate surface area is 269 Å². The summed E-state index contributed by atoms with van der Waals surface area (Å²) in [6, 6.07) is 8.31. The molecule has 0 bridgehead atoms. The molecule has 6 rings (SSSR count). The molecule has 0 unspecified atom stereocenters. The van der Waals surface area contributed by atoms with Crippen molar-refractivity contribution in [1.82, 2.24) is 14.9 Å². The molecule has 2 aromatic carbocycles. The van der Waals surface area contributed by atoms with Gasteiger partial charge in [0, 0.05) is 37.0 Å². The third-order valence-electron chi connectivity index (χ3n) is 8.20. The van der Waals surface area contributed by atoms with E-state index in [1.54, 1.807) is 33.9 Å². The van der Waals surface area contributed by atoms with Gasteiger partial charge in [-0.3, -0.25) is 10.1 Å². The van der Waals surface area contributed by atoms with E-state index in [0.717, 1.165) is 23.8 Å². The Bertz CT molecular complexity index is 1820. The van der Waals surface area contributed by atoms with Crippen molar-refractivity contribution in [2.75, 3.05) is 25.6 Å². The molecule has 2 aromatic heterocycles. The molecule has 0 saturated carbocycles. The molecule has 0 spiro atoms. The summed E-state index contributed by atoms with van der Waals surface area (Å²) in [6.45, 7) is 6.09. The molecule has 10 nitrogen and oxygen atoms in total. The van der Waals surface area contributed by atoms with Gasteiger partial charge in [0.25, 0.3) is 5.91 Å². The molecule has 2 aliphatic heterocycles. The third kappa shape index (κ3) is 6.69. The van der Waals surface area contributed by atoms with Gasteiger partial charge >= 0.3 is 6.09 Å². The normalized spacial score (nSPS) is 17.9. The molecule has 13 heteroatoms. The number of nitrogens with zero attached hydrogens (tertiary/aromatic N) is 2. The van der Waals surface area contributed by atoms with Crippen LogP contribution in [-0.4, -0.2) is 64.9 Å². The summed E-state index contributed by atoms with van der Waals surface area (Å²) in [5, 5.41) is 2.70. The predicted molar refractivity (Wildman–Crippen MR) is 166 cm³/mol. The van der Waals surface area contributed by atoms with Crippen molar-refractivity contribution in [2.24, 2.45) is 0 Å². The van der Waals surface area contributed by atoms with Crippen LogP contribution in [0, 0.1) is 17.5 Å². The Morgan fingerprint density at radius 2 is 1.79 bits per heavy atom. The summed E-state index contributed by atoms with van der Waals surface area (Å²) in [6.07, 6.45) is -0.560. The van der Waals surface area contributed by atoms with Crippen molar-refractivity contribution < 1.29 is 41.7 Å². The van der Waals surface area contributed by atoms with E-state index in [4.69, 9.17) is 18.9 Å². The summed E-state index contributed by atoms with van der Waals surface area (Å²) in [4.78, 5) is 36.1. The lowest BCUT2D eigenvalue weighted by atomic mass is 10.00. The molecular formula is C34H35F3N4O6. The highest BCUT2D eigenvalue weighted by molar-refractivity contribution is 5.99. The predicted octanol–water partition coefficient (Wildman–Crippen LogP) is 6.47. The zero-order valence-corrected chi connectivity index (χ0v) is 26.4. The summed E-state index contributed by atoms with van der Waals surface area (Å²) in [5.41, 5.74) is 1.66. The summed E-state index contributed by atoms with van der Waals surface area (Å²) < 4.78 is 67.0. The summed E-state index contributed by atoms with van der Waals surface area (Å²) in [5.74, 6) is -2.57. The number of pyridine rings is 1. The monoisotopic (exact) mass is 652 g/mol. The number of benzene rings is 2. The Morgan fingerprint density at radius 1 is 1.04 bits per heavy atom. The van der Waals surface area contributed by atoms with Gasteiger partial charge in [-0.15, -0.1) is 0 Å². The van der Waals surface area contributed by atoms with Crippen molar-refractivity contribution in [1.29, 1.82) is 0 Å². The molecule has 0 aliphatic carbocycles. The fourth-order valence-electron chi connectivity index (χ4n) is 5.98. The first-order valence-corrected chi connectivity index (χ1v) is 15.2. The number of rotatable bonds is 7. The molecule has 47 heavy (non-hydrogen) atoms. The fraction of sp³-hybridized carbons (Fsp3) is 0.382. The molecule has 1 saturated heterocycles. The average Bonchev–Trinajstić information content (AvgIpc) is 3.67. The van der Waals surface area contributed by atoms with Crippen LogP contribution in [0.5, 0.6) is 0 Å². The lowest BCUT2D eigenvalue weighted by molar-refractivity contribution is -0.0716. The number of amides is 2. The highest BCUT2D eigenvalue weighted by atomic mass is 19.1. The first-order chi connectivity index (χ1) is 22.4. The summed E-state index contributed by atoms with van der Waals surface area (Å²) >= 11 is 0. The van der Waals surface area contributed by atoms with Gasteiger partial charge in [-0.1, -0.05) is 18.2 Å². The van der Waals surface area contributed by atoms with Crippen LogP contribution in [0.15, 0.2) is 42.5 Å². The number of H-pyrrole nitrogens is 1. The highest BCUT2D eigenvalue weighted by Crippen LogP contribution is 2.34. The number of halogens is 3. The minimum absolute atomic E-state index is 0.0315. The number of aromatic nitrogens is 2. The molecule has 1 fully saturated rings. The lowest BCUT2D eigenvalue weighted by Gasteiger charge is -2.39. The number of carbonyl (C=O) groups excluding carboxylic acids is 2. The van der Waals surface area contributed by atoms with Crippen LogP contribution in [0.3, 0.4) is 0 Å². The number of aromatic amines is 1. The zero-order valence-electron chi connectivity index (χ0n) is 26.4. The second kappa shape index (κ2) is 13.0. The Morgan fingerprint density at radius 3 is 2.49 bits per heavy atom. The standard InChI is InChI=1S/C34H35F3N4O6/c1-34(2,3)47-33(43)40-31-21-16-46-15-20(21)30-25(39-31)13-26(38-30)32(42)41(27-17-45-11-10-28(27)44-4)14-19-9-8-18(12-24(19)37)29-22(35)6-5-7-23(29)36/h5-9,12-13,27-28,38H,10-11,14-17H2,1-4H3,(H,39,40,43)/t27-,28-/m1/s1. The third-order valence-corrected chi connectivity index (χ3v) is 8.20. The Hall–Kier alpha value is -4.46. The van der Waals surface area contributed by atoms with E-state index in [2.05, 4.69) is 15.3 Å². The van der Waals surface area contributed by atoms with Crippen LogP contribution in [0.25, 0.3) is 22.2 Å². The smallest absolute Gasteiger partial charge is 0.413 e. The maximum atomic E-state index is 15.6. The number of ether oxygens (including phenoxy) is 4. The van der Waals surface area contributed by atoms with Gasteiger partial charge in [0.2, 0.25) is 0 Å². The van der Waals surface area contributed by atoms with Crippen LogP contribution in [0.2, 0.25) is 0 Å². The maximum Gasteiger partial charge on any atom is 0.413 e. The van der Waals surface area contributed by atoms with Crippen LogP contribution in [0.1, 0.15) is 54.4 Å². The van der Waals surface area contributed by atoms with Crippen molar-refractivity contribution in [3.05, 3.63) is 82.3 Å². The largest absolute Gasteiger partial charge is 0.444 e. The van der Waals surface area contributed by atoms with Crippen molar-refractivity contribution in [3.63, 3.8) is 0 Å². The number of methoxy groups -OCH3 is 1.